The number of fused-ring (bicyclic) bond motifs is 1. The Hall–Kier alpha value is -2.64. The summed E-state index contributed by atoms with van der Waals surface area (Å²) >= 11 is 0. The molecular formula is C14H12F2N4O2. The molecule has 2 aliphatic rings. The van der Waals surface area contributed by atoms with Crippen molar-refractivity contribution in [1.82, 2.24) is 9.97 Å². The Bertz CT molecular complexity index is 722. The molecule has 8 heteroatoms. The Morgan fingerprint density at radius 3 is 2.77 bits per heavy atom. The number of aromatic nitrogens is 2. The largest absolute Gasteiger partial charge is 0.586 e. The van der Waals surface area contributed by atoms with E-state index in [1.165, 1.54) is 12.1 Å². The van der Waals surface area contributed by atoms with Crippen molar-refractivity contribution in [2.75, 3.05) is 10.6 Å². The molecule has 1 aromatic carbocycles. The fourth-order valence-electron chi connectivity index (χ4n) is 2.09. The Kier molecular flexibility index (Phi) is 2.78. The highest BCUT2D eigenvalue weighted by Crippen LogP contribution is 2.42. The SMILES string of the molecule is FC1(F)Oc2ccc(Nc3nccc(NC4CC4)n3)cc2O1. The molecule has 0 spiro atoms. The van der Waals surface area contributed by atoms with Crippen LogP contribution >= 0.6 is 0 Å². The number of nitrogens with one attached hydrogen (secondary N) is 2. The number of nitrogens with zero attached hydrogens (tertiary/aromatic N) is 2. The smallest absolute Gasteiger partial charge is 0.395 e. The summed E-state index contributed by atoms with van der Waals surface area (Å²) in [6.45, 7) is 0. The number of hydrogen-bond donors (Lipinski definition) is 2. The van der Waals surface area contributed by atoms with Gasteiger partial charge in [0.2, 0.25) is 5.95 Å². The van der Waals surface area contributed by atoms with E-state index in [4.69, 9.17) is 0 Å². The van der Waals surface area contributed by atoms with Crippen LogP contribution in [0.25, 0.3) is 0 Å². The molecule has 1 fully saturated rings. The predicted molar refractivity (Wildman–Crippen MR) is 74.6 cm³/mol. The van der Waals surface area contributed by atoms with E-state index in [0.29, 0.717) is 17.7 Å². The lowest BCUT2D eigenvalue weighted by Crippen LogP contribution is -2.25. The van der Waals surface area contributed by atoms with Gasteiger partial charge < -0.3 is 20.1 Å². The molecule has 0 atom stereocenters. The molecule has 1 saturated carbocycles. The van der Waals surface area contributed by atoms with Crippen LogP contribution < -0.4 is 20.1 Å². The molecule has 0 radical (unpaired) electrons. The fraction of sp³-hybridized carbons (Fsp3) is 0.286. The summed E-state index contributed by atoms with van der Waals surface area (Å²) in [6, 6.07) is 6.68. The summed E-state index contributed by atoms with van der Waals surface area (Å²) in [7, 11) is 0. The first-order valence-corrected chi connectivity index (χ1v) is 6.84. The molecule has 0 unspecified atom stereocenters. The van der Waals surface area contributed by atoms with Crippen LogP contribution in [0.2, 0.25) is 0 Å². The van der Waals surface area contributed by atoms with Gasteiger partial charge in [-0.3, -0.25) is 0 Å². The monoisotopic (exact) mass is 306 g/mol. The minimum atomic E-state index is -3.62. The van der Waals surface area contributed by atoms with Crippen molar-refractivity contribution >= 4 is 17.5 Å². The summed E-state index contributed by atoms with van der Waals surface area (Å²) in [5, 5.41) is 6.21. The van der Waals surface area contributed by atoms with Crippen molar-refractivity contribution in [3.8, 4) is 11.5 Å². The lowest BCUT2D eigenvalue weighted by molar-refractivity contribution is -0.286. The Morgan fingerprint density at radius 2 is 1.95 bits per heavy atom. The van der Waals surface area contributed by atoms with E-state index in [9.17, 15) is 8.78 Å². The molecule has 6 nitrogen and oxygen atoms in total. The van der Waals surface area contributed by atoms with Gasteiger partial charge in [-0.15, -0.1) is 8.78 Å². The average molecular weight is 306 g/mol. The summed E-state index contributed by atoms with van der Waals surface area (Å²) in [6.07, 6.45) is 0.291. The second kappa shape index (κ2) is 4.69. The highest BCUT2D eigenvalue weighted by molar-refractivity contribution is 5.61. The maximum Gasteiger partial charge on any atom is 0.586 e. The third-order valence-corrected chi connectivity index (χ3v) is 3.24. The fourth-order valence-corrected chi connectivity index (χ4v) is 2.09. The molecule has 114 valence electrons. The van der Waals surface area contributed by atoms with Gasteiger partial charge in [-0.2, -0.15) is 4.98 Å². The molecule has 22 heavy (non-hydrogen) atoms. The van der Waals surface area contributed by atoms with Crippen LogP contribution in [0, 0.1) is 0 Å². The van der Waals surface area contributed by atoms with Crippen LogP contribution in [-0.2, 0) is 0 Å². The maximum atomic E-state index is 13.0. The summed E-state index contributed by atoms with van der Waals surface area (Å²) in [4.78, 5) is 8.42. The van der Waals surface area contributed by atoms with Crippen molar-refractivity contribution in [2.24, 2.45) is 0 Å². The first-order chi connectivity index (χ1) is 10.6. The van der Waals surface area contributed by atoms with Gasteiger partial charge in [-0.05, 0) is 31.0 Å². The van der Waals surface area contributed by atoms with Gasteiger partial charge >= 0.3 is 6.29 Å². The molecule has 2 N–H and O–H groups in total. The van der Waals surface area contributed by atoms with Crippen molar-refractivity contribution in [3.63, 3.8) is 0 Å². The third kappa shape index (κ3) is 2.72. The molecule has 1 aliphatic heterocycles. The summed E-state index contributed by atoms with van der Waals surface area (Å²) in [5.41, 5.74) is 0.531. The van der Waals surface area contributed by atoms with Gasteiger partial charge in [-0.25, -0.2) is 4.98 Å². The van der Waals surface area contributed by atoms with Crippen LogP contribution in [0.1, 0.15) is 12.8 Å². The van der Waals surface area contributed by atoms with E-state index in [1.54, 1.807) is 18.3 Å². The molecule has 1 aromatic heterocycles. The van der Waals surface area contributed by atoms with Crippen molar-refractivity contribution < 1.29 is 18.3 Å². The number of hydrogen-bond acceptors (Lipinski definition) is 6. The standard InChI is InChI=1S/C14H12F2N4O2/c15-14(16)21-10-4-3-9(7-11(10)22-14)19-13-17-6-5-12(20-13)18-8-1-2-8/h3-8H,1-2H2,(H2,17,18,19,20). The first kappa shape index (κ1) is 13.1. The molecule has 0 bridgehead atoms. The maximum absolute atomic E-state index is 13.0. The highest BCUT2D eigenvalue weighted by Gasteiger charge is 2.43. The van der Waals surface area contributed by atoms with E-state index in [1.807, 2.05) is 0 Å². The van der Waals surface area contributed by atoms with Crippen molar-refractivity contribution in [3.05, 3.63) is 30.5 Å². The van der Waals surface area contributed by atoms with Gasteiger partial charge in [0.15, 0.2) is 11.5 Å². The molecule has 0 saturated heterocycles. The second-order valence-electron chi connectivity index (χ2n) is 5.14. The number of rotatable bonds is 4. The van der Waals surface area contributed by atoms with E-state index in [2.05, 4.69) is 30.1 Å². The normalized spacial score (nSPS) is 18.1. The molecule has 1 aliphatic carbocycles. The summed E-state index contributed by atoms with van der Waals surface area (Å²) in [5.74, 6) is 1.08. The number of anilines is 3. The van der Waals surface area contributed by atoms with E-state index < -0.39 is 6.29 Å². The van der Waals surface area contributed by atoms with Crippen LogP contribution in [0.5, 0.6) is 11.5 Å². The number of ether oxygens (including phenoxy) is 2. The zero-order chi connectivity index (χ0) is 15.2. The van der Waals surface area contributed by atoms with Gasteiger partial charge in [-0.1, -0.05) is 0 Å². The van der Waals surface area contributed by atoms with Crippen molar-refractivity contribution in [1.29, 1.82) is 0 Å². The average Bonchev–Trinajstić information content (AvgIpc) is 3.20. The minimum Gasteiger partial charge on any atom is -0.395 e. The van der Waals surface area contributed by atoms with E-state index in [-0.39, 0.29) is 11.5 Å². The van der Waals surface area contributed by atoms with E-state index in [0.717, 1.165) is 18.7 Å². The Labute approximate surface area is 124 Å². The lowest BCUT2D eigenvalue weighted by Gasteiger charge is -2.08. The van der Waals surface area contributed by atoms with Crippen LogP contribution in [0.15, 0.2) is 30.5 Å². The molecule has 2 aromatic rings. The van der Waals surface area contributed by atoms with Crippen LogP contribution in [-0.4, -0.2) is 22.3 Å². The summed E-state index contributed by atoms with van der Waals surface area (Å²) < 4.78 is 34.7. The zero-order valence-corrected chi connectivity index (χ0v) is 11.3. The van der Waals surface area contributed by atoms with Crippen molar-refractivity contribution in [2.45, 2.75) is 25.2 Å². The third-order valence-electron chi connectivity index (χ3n) is 3.24. The second-order valence-corrected chi connectivity index (χ2v) is 5.14. The van der Waals surface area contributed by atoms with Gasteiger partial charge in [0.1, 0.15) is 5.82 Å². The Morgan fingerprint density at radius 1 is 1.14 bits per heavy atom. The highest BCUT2D eigenvalue weighted by atomic mass is 19.3. The van der Waals surface area contributed by atoms with Crippen LogP contribution in [0.3, 0.4) is 0 Å². The molecular weight excluding hydrogens is 294 g/mol. The molecule has 0 amide bonds. The number of alkyl halides is 2. The molecule has 2 heterocycles. The predicted octanol–water partition coefficient (Wildman–Crippen LogP) is 3.12. The topological polar surface area (TPSA) is 68.3 Å². The van der Waals surface area contributed by atoms with Gasteiger partial charge in [0.05, 0.1) is 0 Å². The number of halogens is 2. The Balaban J connectivity index is 1.52. The van der Waals surface area contributed by atoms with Crippen LogP contribution in [0.4, 0.5) is 26.2 Å². The number of benzene rings is 1. The van der Waals surface area contributed by atoms with Gasteiger partial charge in [0.25, 0.3) is 0 Å². The van der Waals surface area contributed by atoms with E-state index >= 15 is 0 Å². The molecule has 4 rings (SSSR count). The quantitative estimate of drug-likeness (QED) is 0.904. The lowest BCUT2D eigenvalue weighted by atomic mass is 10.3. The zero-order valence-electron chi connectivity index (χ0n) is 11.3. The minimum absolute atomic E-state index is 0.000573. The first-order valence-electron chi connectivity index (χ1n) is 6.84. The van der Waals surface area contributed by atoms with Gasteiger partial charge in [0, 0.05) is 24.0 Å².